The topological polar surface area (TPSA) is 38.0 Å². The summed E-state index contributed by atoms with van der Waals surface area (Å²) in [6, 6.07) is 6.62. The van der Waals surface area contributed by atoms with Crippen molar-refractivity contribution in [2.24, 2.45) is 0 Å². The van der Waals surface area contributed by atoms with Crippen LogP contribution >= 0.6 is 15.9 Å². The second-order valence-electron chi connectivity index (χ2n) is 4.73. The molecule has 3 nitrogen and oxygen atoms in total. The van der Waals surface area contributed by atoms with Crippen molar-refractivity contribution in [3.8, 4) is 0 Å². The molecule has 0 fully saturated rings. The molecule has 0 saturated carbocycles. The molecule has 102 valence electrons. The highest BCUT2D eigenvalue weighted by Crippen LogP contribution is 2.28. The van der Waals surface area contributed by atoms with Crippen LogP contribution in [0.2, 0.25) is 0 Å². The first-order valence-electron chi connectivity index (χ1n) is 6.15. The van der Waals surface area contributed by atoms with Crippen LogP contribution in [0.5, 0.6) is 0 Å². The van der Waals surface area contributed by atoms with Gasteiger partial charge in [-0.15, -0.1) is 0 Å². The molecule has 0 spiro atoms. The van der Waals surface area contributed by atoms with Crippen LogP contribution in [0.3, 0.4) is 0 Å². The first-order valence-corrected chi connectivity index (χ1v) is 6.94. The molecule has 0 amide bonds. The molecule has 19 heavy (non-hydrogen) atoms. The van der Waals surface area contributed by atoms with Crippen molar-refractivity contribution in [3.05, 3.63) is 52.0 Å². The Morgan fingerprint density at radius 3 is 2.68 bits per heavy atom. The van der Waals surface area contributed by atoms with E-state index in [0.717, 1.165) is 4.47 Å². The fourth-order valence-corrected chi connectivity index (χ4v) is 2.58. The highest BCUT2D eigenvalue weighted by Gasteiger charge is 2.20. The largest absolute Gasteiger partial charge is 0.386 e. The highest BCUT2D eigenvalue weighted by molar-refractivity contribution is 9.10. The monoisotopic (exact) mass is 326 g/mol. The Kier molecular flexibility index (Phi) is 4.37. The maximum atomic E-state index is 13.6. The number of hydrogen-bond donors (Lipinski definition) is 1. The average molecular weight is 327 g/mol. The molecule has 2 aromatic rings. The molecule has 1 unspecified atom stereocenters. The summed E-state index contributed by atoms with van der Waals surface area (Å²) >= 11 is 3.38. The van der Waals surface area contributed by atoms with Gasteiger partial charge in [-0.05, 0) is 41.4 Å². The van der Waals surface area contributed by atoms with E-state index in [1.165, 1.54) is 6.07 Å². The summed E-state index contributed by atoms with van der Waals surface area (Å²) in [7, 11) is 0. The second kappa shape index (κ2) is 5.84. The summed E-state index contributed by atoms with van der Waals surface area (Å²) in [5.74, 6) is -0.298. The van der Waals surface area contributed by atoms with Gasteiger partial charge in [0.25, 0.3) is 0 Å². The van der Waals surface area contributed by atoms with E-state index >= 15 is 0 Å². The lowest BCUT2D eigenvalue weighted by Gasteiger charge is -2.17. The molecule has 1 heterocycles. The van der Waals surface area contributed by atoms with Gasteiger partial charge in [-0.1, -0.05) is 18.2 Å². The van der Waals surface area contributed by atoms with Gasteiger partial charge in [-0.25, -0.2) is 4.39 Å². The van der Waals surface area contributed by atoms with Crippen LogP contribution in [0.15, 0.2) is 34.9 Å². The molecule has 1 N–H and O–H groups in total. The zero-order valence-electron chi connectivity index (χ0n) is 10.8. The summed E-state index contributed by atoms with van der Waals surface area (Å²) < 4.78 is 16.1. The van der Waals surface area contributed by atoms with Gasteiger partial charge in [0.15, 0.2) is 0 Å². The average Bonchev–Trinajstić information content (AvgIpc) is 2.74. The molecular formula is C14H16BrFN2O. The first kappa shape index (κ1) is 14.2. The van der Waals surface area contributed by atoms with Crippen LogP contribution in [0.25, 0.3) is 0 Å². The minimum Gasteiger partial charge on any atom is -0.386 e. The molecule has 0 radical (unpaired) electrons. The van der Waals surface area contributed by atoms with Gasteiger partial charge in [0, 0.05) is 12.5 Å². The maximum absolute atomic E-state index is 13.6. The van der Waals surface area contributed by atoms with Crippen molar-refractivity contribution < 1.29 is 9.50 Å². The van der Waals surface area contributed by atoms with E-state index in [1.54, 1.807) is 29.1 Å². The number of aliphatic hydroxyl groups excluding tert-OH is 1. The Morgan fingerprint density at radius 2 is 2.05 bits per heavy atom. The first-order chi connectivity index (χ1) is 9.00. The lowest BCUT2D eigenvalue weighted by molar-refractivity contribution is 0.162. The van der Waals surface area contributed by atoms with Crippen molar-refractivity contribution in [2.75, 3.05) is 0 Å². The lowest BCUT2D eigenvalue weighted by Crippen LogP contribution is -2.14. The standard InChI is InChI=1S/C14H16BrFN2O/c1-9(2)18-14(11(15)8-17-18)13(19)7-10-5-3-4-6-12(10)16/h3-6,8-9,13,19H,7H2,1-2H3. The molecule has 2 rings (SSSR count). The fourth-order valence-electron chi connectivity index (χ4n) is 2.04. The molecule has 1 aromatic heterocycles. The van der Waals surface area contributed by atoms with Gasteiger partial charge in [-0.2, -0.15) is 5.10 Å². The minimum atomic E-state index is -0.795. The van der Waals surface area contributed by atoms with E-state index in [4.69, 9.17) is 0 Å². The summed E-state index contributed by atoms with van der Waals surface area (Å²) in [5, 5.41) is 14.6. The zero-order chi connectivity index (χ0) is 14.0. The van der Waals surface area contributed by atoms with Gasteiger partial charge in [0.2, 0.25) is 0 Å². The maximum Gasteiger partial charge on any atom is 0.126 e. The Hall–Kier alpha value is -1.20. The molecular weight excluding hydrogens is 311 g/mol. The predicted molar refractivity (Wildman–Crippen MR) is 75.4 cm³/mol. The van der Waals surface area contributed by atoms with Gasteiger partial charge < -0.3 is 5.11 Å². The third-order valence-corrected chi connectivity index (χ3v) is 3.57. The highest BCUT2D eigenvalue weighted by atomic mass is 79.9. The second-order valence-corrected chi connectivity index (χ2v) is 5.58. The van der Waals surface area contributed by atoms with Crippen LogP contribution < -0.4 is 0 Å². The number of aliphatic hydroxyl groups is 1. The van der Waals surface area contributed by atoms with E-state index in [0.29, 0.717) is 11.3 Å². The molecule has 0 aliphatic heterocycles. The normalized spacial score (nSPS) is 12.9. The van der Waals surface area contributed by atoms with Crippen LogP contribution in [0, 0.1) is 5.82 Å². The van der Waals surface area contributed by atoms with Crippen molar-refractivity contribution in [1.82, 2.24) is 9.78 Å². The Morgan fingerprint density at radius 1 is 1.37 bits per heavy atom. The zero-order valence-corrected chi connectivity index (χ0v) is 12.4. The summed E-state index contributed by atoms with van der Waals surface area (Å²) in [6.45, 7) is 3.97. The van der Waals surface area contributed by atoms with Crippen molar-refractivity contribution in [3.63, 3.8) is 0 Å². The van der Waals surface area contributed by atoms with Crippen LogP contribution in [-0.2, 0) is 6.42 Å². The molecule has 0 aliphatic carbocycles. The molecule has 0 aliphatic rings. The smallest absolute Gasteiger partial charge is 0.126 e. The van der Waals surface area contributed by atoms with Crippen molar-refractivity contribution in [1.29, 1.82) is 0 Å². The predicted octanol–water partition coefficient (Wildman–Crippen LogP) is 3.64. The van der Waals surface area contributed by atoms with Crippen LogP contribution in [-0.4, -0.2) is 14.9 Å². The number of rotatable bonds is 4. The third-order valence-electron chi connectivity index (χ3n) is 2.96. The molecule has 0 bridgehead atoms. The Labute approximate surface area is 120 Å². The van der Waals surface area contributed by atoms with E-state index < -0.39 is 6.10 Å². The number of hydrogen-bond acceptors (Lipinski definition) is 2. The van der Waals surface area contributed by atoms with Crippen molar-refractivity contribution >= 4 is 15.9 Å². The fraction of sp³-hybridized carbons (Fsp3) is 0.357. The van der Waals surface area contributed by atoms with Gasteiger partial charge in [0.1, 0.15) is 11.9 Å². The molecule has 1 aromatic carbocycles. The van der Waals surface area contributed by atoms with E-state index in [1.807, 2.05) is 13.8 Å². The van der Waals surface area contributed by atoms with Gasteiger partial charge >= 0.3 is 0 Å². The number of halogens is 2. The van der Waals surface area contributed by atoms with E-state index in [9.17, 15) is 9.50 Å². The van der Waals surface area contributed by atoms with Gasteiger partial charge in [0.05, 0.1) is 16.4 Å². The summed E-state index contributed by atoms with van der Waals surface area (Å²) in [4.78, 5) is 0. The van der Waals surface area contributed by atoms with Crippen LogP contribution in [0.4, 0.5) is 4.39 Å². The quantitative estimate of drug-likeness (QED) is 0.931. The third kappa shape index (κ3) is 3.04. The Balaban J connectivity index is 2.28. The van der Waals surface area contributed by atoms with Crippen molar-refractivity contribution in [2.45, 2.75) is 32.4 Å². The minimum absolute atomic E-state index is 0.136. The summed E-state index contributed by atoms with van der Waals surface area (Å²) in [6.07, 6.45) is 1.08. The number of nitrogens with zero attached hydrogens (tertiary/aromatic N) is 2. The molecule has 5 heteroatoms. The van der Waals surface area contributed by atoms with Crippen LogP contribution in [0.1, 0.15) is 37.3 Å². The number of benzene rings is 1. The Bertz CT molecular complexity index is 568. The van der Waals surface area contributed by atoms with E-state index in [-0.39, 0.29) is 18.3 Å². The SMILES string of the molecule is CC(C)n1ncc(Br)c1C(O)Cc1ccccc1F. The molecule has 0 saturated heterocycles. The van der Waals surface area contributed by atoms with Gasteiger partial charge in [-0.3, -0.25) is 4.68 Å². The van der Waals surface area contributed by atoms with E-state index in [2.05, 4.69) is 21.0 Å². The lowest BCUT2D eigenvalue weighted by atomic mass is 10.0. The molecule has 1 atom stereocenters. The number of aromatic nitrogens is 2. The summed E-state index contributed by atoms with van der Waals surface area (Å²) in [5.41, 5.74) is 1.18.